The van der Waals surface area contributed by atoms with Gasteiger partial charge in [-0.05, 0) is 35.9 Å². The molecule has 0 radical (unpaired) electrons. The molecule has 1 amide bonds. The van der Waals surface area contributed by atoms with Crippen molar-refractivity contribution in [2.45, 2.75) is 6.10 Å². The van der Waals surface area contributed by atoms with Gasteiger partial charge in [0, 0.05) is 11.5 Å². The van der Waals surface area contributed by atoms with Gasteiger partial charge < -0.3 is 9.47 Å². The molecule has 0 aliphatic carbocycles. The van der Waals surface area contributed by atoms with Gasteiger partial charge in [-0.3, -0.25) is 9.10 Å². The predicted octanol–water partition coefficient (Wildman–Crippen LogP) is 2.76. The number of ether oxygens (including phenoxy) is 2. The van der Waals surface area contributed by atoms with Crippen LogP contribution in [0.5, 0.6) is 11.5 Å². The second kappa shape index (κ2) is 10.3. The topological polar surface area (TPSA) is 97.3 Å². The van der Waals surface area contributed by atoms with Crippen molar-refractivity contribution in [3.8, 4) is 11.5 Å². The molecule has 166 valence electrons. The second-order valence-electron chi connectivity index (χ2n) is 6.73. The summed E-state index contributed by atoms with van der Waals surface area (Å²) in [7, 11) is -2.28. The fraction of sp³-hybridized carbons (Fsp3) is 0.300. The largest absolute Gasteiger partial charge is 0.495 e. The van der Waals surface area contributed by atoms with Gasteiger partial charge in [0.05, 0.1) is 30.3 Å². The number of methoxy groups -OCH3 is 1. The van der Waals surface area contributed by atoms with Crippen LogP contribution >= 0.6 is 23.4 Å². The summed E-state index contributed by atoms with van der Waals surface area (Å²) in [5.74, 6) is 2.48. The molecular weight excluding hydrogens is 462 g/mol. The van der Waals surface area contributed by atoms with E-state index in [1.54, 1.807) is 0 Å². The zero-order valence-corrected chi connectivity index (χ0v) is 19.3. The Morgan fingerprint density at radius 3 is 2.71 bits per heavy atom. The van der Waals surface area contributed by atoms with Gasteiger partial charge in [0.1, 0.15) is 24.1 Å². The number of sulfonamides is 1. The van der Waals surface area contributed by atoms with Crippen molar-refractivity contribution >= 4 is 51.2 Å². The lowest BCUT2D eigenvalue weighted by Crippen LogP contribution is -2.39. The summed E-state index contributed by atoms with van der Waals surface area (Å²) in [4.78, 5) is 12.3. The van der Waals surface area contributed by atoms with Gasteiger partial charge in [-0.2, -0.15) is 16.9 Å². The second-order valence-corrected chi connectivity index (χ2v) is 10.1. The summed E-state index contributed by atoms with van der Waals surface area (Å²) < 4.78 is 36.2. The van der Waals surface area contributed by atoms with Crippen molar-refractivity contribution in [1.82, 2.24) is 5.43 Å². The maximum absolute atomic E-state index is 12.3. The minimum Gasteiger partial charge on any atom is -0.495 e. The van der Waals surface area contributed by atoms with Crippen LogP contribution in [0.4, 0.5) is 5.69 Å². The van der Waals surface area contributed by atoms with Crippen LogP contribution in [0.1, 0.15) is 5.56 Å². The van der Waals surface area contributed by atoms with Gasteiger partial charge >= 0.3 is 0 Å². The Hall–Kier alpha value is -2.43. The predicted molar refractivity (Wildman–Crippen MR) is 124 cm³/mol. The van der Waals surface area contributed by atoms with Crippen molar-refractivity contribution in [2.75, 3.05) is 35.7 Å². The number of carbonyl (C=O) groups is 1. The summed E-state index contributed by atoms with van der Waals surface area (Å²) >= 11 is 7.92. The molecule has 1 aliphatic rings. The highest BCUT2D eigenvalue weighted by atomic mass is 35.5. The van der Waals surface area contributed by atoms with E-state index in [9.17, 15) is 13.2 Å². The number of nitrogens with zero attached hydrogens (tertiary/aromatic N) is 2. The molecule has 0 saturated carbocycles. The molecule has 1 heterocycles. The summed E-state index contributed by atoms with van der Waals surface area (Å²) in [6, 6.07) is 11.8. The molecule has 31 heavy (non-hydrogen) atoms. The van der Waals surface area contributed by atoms with Gasteiger partial charge in [-0.15, -0.1) is 0 Å². The lowest BCUT2D eigenvalue weighted by atomic mass is 10.2. The molecule has 2 aromatic carbocycles. The van der Waals surface area contributed by atoms with E-state index >= 15 is 0 Å². The van der Waals surface area contributed by atoms with Crippen LogP contribution in [0, 0.1) is 0 Å². The van der Waals surface area contributed by atoms with Crippen molar-refractivity contribution in [1.29, 1.82) is 0 Å². The van der Waals surface area contributed by atoms with Gasteiger partial charge in [0.25, 0.3) is 5.91 Å². The van der Waals surface area contributed by atoms with E-state index in [0.717, 1.165) is 33.4 Å². The molecule has 1 fully saturated rings. The van der Waals surface area contributed by atoms with Crippen LogP contribution in [0.2, 0.25) is 5.02 Å². The fourth-order valence-corrected chi connectivity index (χ4v) is 4.36. The van der Waals surface area contributed by atoms with Crippen molar-refractivity contribution in [2.24, 2.45) is 5.10 Å². The monoisotopic (exact) mass is 483 g/mol. The number of rotatable bonds is 9. The third-order valence-electron chi connectivity index (χ3n) is 4.28. The number of benzene rings is 2. The van der Waals surface area contributed by atoms with E-state index in [0.29, 0.717) is 5.75 Å². The Morgan fingerprint density at radius 2 is 2.10 bits per heavy atom. The standard InChI is InChI=1S/C20H22ClN3O5S2/c1-28-19-7-6-15(9-18(19)21)24(31(2,26)27)11-20(25)23-22-10-14-4-3-5-16(8-14)29-17-12-30-13-17/h3-10,17H,11-13H2,1-2H3,(H,23,25)/b22-10-. The van der Waals surface area contributed by atoms with E-state index in [2.05, 4.69) is 10.5 Å². The van der Waals surface area contributed by atoms with Crippen LogP contribution < -0.4 is 19.2 Å². The van der Waals surface area contributed by atoms with Gasteiger partial charge in [-0.25, -0.2) is 13.8 Å². The van der Waals surface area contributed by atoms with E-state index in [1.807, 2.05) is 36.0 Å². The molecule has 8 nitrogen and oxygen atoms in total. The van der Waals surface area contributed by atoms with E-state index in [-0.39, 0.29) is 16.8 Å². The number of amides is 1. The van der Waals surface area contributed by atoms with Crippen LogP contribution in [0.25, 0.3) is 0 Å². The number of nitrogens with one attached hydrogen (secondary N) is 1. The van der Waals surface area contributed by atoms with E-state index in [4.69, 9.17) is 21.1 Å². The Bertz CT molecular complexity index is 1070. The lowest BCUT2D eigenvalue weighted by Gasteiger charge is -2.25. The molecule has 1 saturated heterocycles. The van der Waals surface area contributed by atoms with Crippen LogP contribution in [0.3, 0.4) is 0 Å². The summed E-state index contributed by atoms with van der Waals surface area (Å²) in [5.41, 5.74) is 3.33. The highest BCUT2D eigenvalue weighted by Gasteiger charge is 2.22. The number of hydrogen-bond acceptors (Lipinski definition) is 7. The third-order valence-corrected chi connectivity index (χ3v) is 6.93. The number of halogens is 1. The maximum Gasteiger partial charge on any atom is 0.260 e. The molecule has 3 rings (SSSR count). The van der Waals surface area contributed by atoms with Crippen molar-refractivity contribution in [3.05, 3.63) is 53.1 Å². The fourth-order valence-electron chi connectivity index (χ4n) is 2.70. The Labute approximate surface area is 190 Å². The van der Waals surface area contributed by atoms with Gasteiger partial charge in [0.2, 0.25) is 10.0 Å². The van der Waals surface area contributed by atoms with Crippen molar-refractivity contribution < 1.29 is 22.7 Å². The van der Waals surface area contributed by atoms with Gasteiger partial charge in [-0.1, -0.05) is 23.7 Å². The molecular formula is C20H22ClN3O5S2. The first-order valence-corrected chi connectivity index (χ1v) is 12.6. The first-order valence-electron chi connectivity index (χ1n) is 9.24. The average molecular weight is 484 g/mol. The highest BCUT2D eigenvalue weighted by molar-refractivity contribution is 8.00. The highest BCUT2D eigenvalue weighted by Crippen LogP contribution is 2.30. The summed E-state index contributed by atoms with van der Waals surface area (Å²) in [5, 5.41) is 4.15. The number of anilines is 1. The van der Waals surface area contributed by atoms with Crippen LogP contribution in [0.15, 0.2) is 47.6 Å². The molecule has 1 N–H and O–H groups in total. The van der Waals surface area contributed by atoms with E-state index in [1.165, 1.54) is 31.5 Å². The molecule has 11 heteroatoms. The van der Waals surface area contributed by atoms with Crippen LogP contribution in [-0.4, -0.2) is 58.1 Å². The molecule has 1 aliphatic heterocycles. The summed E-state index contributed by atoms with van der Waals surface area (Å²) in [6.45, 7) is -0.457. The number of hydrogen-bond donors (Lipinski definition) is 1. The number of carbonyl (C=O) groups excluding carboxylic acids is 1. The minimum absolute atomic E-state index is 0.227. The van der Waals surface area contributed by atoms with Crippen LogP contribution in [-0.2, 0) is 14.8 Å². The zero-order valence-electron chi connectivity index (χ0n) is 16.9. The summed E-state index contributed by atoms with van der Waals surface area (Å²) in [6.07, 6.45) is 2.70. The Kier molecular flexibility index (Phi) is 7.69. The lowest BCUT2D eigenvalue weighted by molar-refractivity contribution is -0.119. The van der Waals surface area contributed by atoms with E-state index < -0.39 is 22.5 Å². The first-order chi connectivity index (χ1) is 14.8. The number of thioether (sulfide) groups is 1. The molecule has 0 bridgehead atoms. The normalized spacial score (nSPS) is 14.2. The molecule has 2 aromatic rings. The SMILES string of the molecule is COc1ccc(N(CC(=O)N/N=C\c2cccc(OC3CSC3)c2)S(C)(=O)=O)cc1Cl. The smallest absolute Gasteiger partial charge is 0.260 e. The molecule has 0 aromatic heterocycles. The molecule has 0 atom stereocenters. The third kappa shape index (κ3) is 6.52. The maximum atomic E-state index is 12.3. The molecule has 0 unspecified atom stereocenters. The molecule has 0 spiro atoms. The van der Waals surface area contributed by atoms with Gasteiger partial charge in [0.15, 0.2) is 0 Å². The Balaban J connectivity index is 1.63. The zero-order chi connectivity index (χ0) is 22.4. The Morgan fingerprint density at radius 1 is 1.32 bits per heavy atom. The quantitative estimate of drug-likeness (QED) is 0.435. The number of hydrazone groups is 1. The average Bonchev–Trinajstić information content (AvgIpc) is 2.68. The first kappa shape index (κ1) is 23.2. The van der Waals surface area contributed by atoms with Crippen molar-refractivity contribution in [3.63, 3.8) is 0 Å². The minimum atomic E-state index is -3.74.